The van der Waals surface area contributed by atoms with Gasteiger partial charge in [0.15, 0.2) is 0 Å². The van der Waals surface area contributed by atoms with Gasteiger partial charge in [-0.25, -0.2) is 4.79 Å². The summed E-state index contributed by atoms with van der Waals surface area (Å²) in [5.74, 6) is 0.510. The zero-order chi connectivity index (χ0) is 16.5. The molecule has 1 aromatic carbocycles. The zero-order valence-corrected chi connectivity index (χ0v) is 13.7. The van der Waals surface area contributed by atoms with Gasteiger partial charge in [0, 0.05) is 13.1 Å². The van der Waals surface area contributed by atoms with E-state index >= 15 is 0 Å². The van der Waals surface area contributed by atoms with Crippen LogP contribution < -0.4 is 15.4 Å². The minimum Gasteiger partial charge on any atom is -0.494 e. The summed E-state index contributed by atoms with van der Waals surface area (Å²) in [6.45, 7) is 7.23. The van der Waals surface area contributed by atoms with Crippen molar-refractivity contribution in [1.82, 2.24) is 15.5 Å². The Bertz CT molecular complexity index is 488. The molecule has 3 amide bonds. The van der Waals surface area contributed by atoms with Gasteiger partial charge >= 0.3 is 6.03 Å². The summed E-state index contributed by atoms with van der Waals surface area (Å²) < 4.78 is 5.40. The Balaban J connectivity index is 2.54. The molecule has 0 radical (unpaired) electrons. The Morgan fingerprint density at radius 3 is 2.41 bits per heavy atom. The van der Waals surface area contributed by atoms with Gasteiger partial charge in [0.2, 0.25) is 5.91 Å². The van der Waals surface area contributed by atoms with Gasteiger partial charge in [-0.05, 0) is 45.5 Å². The molecule has 0 fully saturated rings. The zero-order valence-electron chi connectivity index (χ0n) is 13.7. The number of ether oxygens (including phenoxy) is 1. The summed E-state index contributed by atoms with van der Waals surface area (Å²) in [6.07, 6.45) is 0. The monoisotopic (exact) mass is 307 g/mol. The first-order valence-electron chi connectivity index (χ1n) is 7.48. The third kappa shape index (κ3) is 5.73. The van der Waals surface area contributed by atoms with E-state index in [1.807, 2.05) is 43.1 Å². The molecular weight excluding hydrogens is 282 g/mol. The second kappa shape index (κ2) is 9.04. The van der Waals surface area contributed by atoms with Crippen molar-refractivity contribution >= 4 is 11.9 Å². The van der Waals surface area contributed by atoms with Crippen LogP contribution in [0.15, 0.2) is 24.3 Å². The predicted octanol–water partition coefficient (Wildman–Crippen LogP) is 1.75. The van der Waals surface area contributed by atoms with Crippen molar-refractivity contribution in [2.45, 2.75) is 33.4 Å². The third-order valence-electron chi connectivity index (χ3n) is 3.28. The molecule has 0 spiro atoms. The van der Waals surface area contributed by atoms with Crippen molar-refractivity contribution in [3.05, 3.63) is 29.8 Å². The van der Waals surface area contributed by atoms with Gasteiger partial charge in [0.05, 0.1) is 12.6 Å². The van der Waals surface area contributed by atoms with Crippen LogP contribution in [-0.2, 0) is 11.3 Å². The predicted molar refractivity (Wildman–Crippen MR) is 85.8 cm³/mol. The summed E-state index contributed by atoms with van der Waals surface area (Å²) in [7, 11) is 1.85. The Morgan fingerprint density at radius 1 is 1.23 bits per heavy atom. The number of imide groups is 1. The summed E-state index contributed by atoms with van der Waals surface area (Å²) in [5.41, 5.74) is 1.07. The molecule has 0 aliphatic heterocycles. The molecule has 1 rings (SSSR count). The van der Waals surface area contributed by atoms with Gasteiger partial charge in [-0.1, -0.05) is 12.1 Å². The average molecular weight is 307 g/mol. The molecule has 0 aliphatic rings. The van der Waals surface area contributed by atoms with Crippen LogP contribution in [0.2, 0.25) is 0 Å². The number of hydrogen-bond donors (Lipinski definition) is 2. The first-order chi connectivity index (χ1) is 10.5. The van der Waals surface area contributed by atoms with Crippen LogP contribution in [0.5, 0.6) is 5.75 Å². The van der Waals surface area contributed by atoms with Crippen molar-refractivity contribution in [3.8, 4) is 5.75 Å². The smallest absolute Gasteiger partial charge is 0.321 e. The van der Waals surface area contributed by atoms with Crippen molar-refractivity contribution in [3.63, 3.8) is 0 Å². The Kier molecular flexibility index (Phi) is 7.39. The van der Waals surface area contributed by atoms with E-state index < -0.39 is 12.1 Å². The minimum absolute atomic E-state index is 0.320. The number of nitrogens with one attached hydrogen (secondary N) is 2. The van der Waals surface area contributed by atoms with Gasteiger partial charge in [-0.15, -0.1) is 0 Å². The molecule has 6 nitrogen and oxygen atoms in total. The highest BCUT2D eigenvalue weighted by Gasteiger charge is 2.19. The molecule has 0 aliphatic carbocycles. The fourth-order valence-corrected chi connectivity index (χ4v) is 1.90. The molecule has 2 N–H and O–H groups in total. The van der Waals surface area contributed by atoms with E-state index in [0.717, 1.165) is 11.3 Å². The molecule has 0 saturated heterocycles. The normalized spacial score (nSPS) is 11.9. The van der Waals surface area contributed by atoms with E-state index in [4.69, 9.17) is 4.74 Å². The molecule has 0 saturated carbocycles. The topological polar surface area (TPSA) is 70.7 Å². The molecule has 0 bridgehead atoms. The molecule has 1 atom stereocenters. The number of urea groups is 1. The van der Waals surface area contributed by atoms with E-state index in [1.54, 1.807) is 13.8 Å². The lowest BCUT2D eigenvalue weighted by Gasteiger charge is -2.23. The van der Waals surface area contributed by atoms with E-state index in [9.17, 15) is 9.59 Å². The Hall–Kier alpha value is -2.08. The number of benzene rings is 1. The maximum absolute atomic E-state index is 12.0. The minimum atomic E-state index is -0.464. The van der Waals surface area contributed by atoms with Gasteiger partial charge in [-0.3, -0.25) is 15.0 Å². The van der Waals surface area contributed by atoms with Crippen molar-refractivity contribution in [2.75, 3.05) is 20.2 Å². The molecule has 1 unspecified atom stereocenters. The van der Waals surface area contributed by atoms with Gasteiger partial charge in [0.1, 0.15) is 5.75 Å². The van der Waals surface area contributed by atoms with Crippen LogP contribution in [0.25, 0.3) is 0 Å². The van der Waals surface area contributed by atoms with E-state index in [-0.39, 0.29) is 5.91 Å². The van der Waals surface area contributed by atoms with Gasteiger partial charge in [0.25, 0.3) is 0 Å². The summed E-state index contributed by atoms with van der Waals surface area (Å²) >= 11 is 0. The van der Waals surface area contributed by atoms with E-state index in [0.29, 0.717) is 19.7 Å². The lowest BCUT2D eigenvalue weighted by Crippen LogP contribution is -2.48. The maximum atomic E-state index is 12.0. The number of likely N-dealkylation sites (N-methyl/N-ethyl adjacent to an activating group) is 1. The van der Waals surface area contributed by atoms with Crippen molar-refractivity contribution in [1.29, 1.82) is 0 Å². The highest BCUT2D eigenvalue weighted by atomic mass is 16.5. The second-order valence-corrected chi connectivity index (χ2v) is 5.02. The number of nitrogens with zero attached hydrogens (tertiary/aromatic N) is 1. The largest absolute Gasteiger partial charge is 0.494 e. The Morgan fingerprint density at radius 2 is 1.86 bits per heavy atom. The van der Waals surface area contributed by atoms with E-state index in [1.165, 1.54) is 0 Å². The summed E-state index contributed by atoms with van der Waals surface area (Å²) in [5, 5.41) is 4.86. The quantitative estimate of drug-likeness (QED) is 0.805. The van der Waals surface area contributed by atoms with Crippen LogP contribution in [0, 0.1) is 0 Å². The van der Waals surface area contributed by atoms with Crippen LogP contribution in [0.4, 0.5) is 4.79 Å². The SMILES string of the molecule is CCNC(=O)NC(=O)C(C)N(C)Cc1ccc(OCC)cc1. The van der Waals surface area contributed by atoms with E-state index in [2.05, 4.69) is 10.6 Å². The van der Waals surface area contributed by atoms with Crippen LogP contribution in [0.1, 0.15) is 26.3 Å². The summed E-state index contributed by atoms with van der Waals surface area (Å²) in [6, 6.07) is 6.88. The van der Waals surface area contributed by atoms with Crippen LogP contribution in [0.3, 0.4) is 0 Å². The number of rotatable bonds is 7. The highest BCUT2D eigenvalue weighted by Crippen LogP contribution is 2.14. The number of amides is 3. The number of hydrogen-bond acceptors (Lipinski definition) is 4. The van der Waals surface area contributed by atoms with Crippen LogP contribution in [-0.4, -0.2) is 43.1 Å². The lowest BCUT2D eigenvalue weighted by atomic mass is 10.2. The highest BCUT2D eigenvalue weighted by molar-refractivity contribution is 5.96. The first kappa shape index (κ1) is 18.0. The third-order valence-corrected chi connectivity index (χ3v) is 3.28. The molecule has 0 heterocycles. The fourth-order valence-electron chi connectivity index (χ4n) is 1.90. The van der Waals surface area contributed by atoms with Gasteiger partial charge in [-0.2, -0.15) is 0 Å². The maximum Gasteiger partial charge on any atom is 0.321 e. The average Bonchev–Trinajstić information content (AvgIpc) is 2.48. The number of carbonyl (C=O) groups excluding carboxylic acids is 2. The standard InChI is InChI=1S/C16H25N3O3/c1-5-17-16(21)18-15(20)12(3)19(4)11-13-7-9-14(10-8-13)22-6-2/h7-10,12H,5-6,11H2,1-4H3,(H2,17,18,20,21). The van der Waals surface area contributed by atoms with Gasteiger partial charge < -0.3 is 10.1 Å². The fraction of sp³-hybridized carbons (Fsp3) is 0.500. The summed E-state index contributed by atoms with van der Waals surface area (Å²) in [4.78, 5) is 25.2. The lowest BCUT2D eigenvalue weighted by molar-refractivity contribution is -0.124. The molecule has 22 heavy (non-hydrogen) atoms. The molecular formula is C16H25N3O3. The number of carbonyl (C=O) groups is 2. The Labute approximate surface area is 131 Å². The molecule has 0 aromatic heterocycles. The first-order valence-corrected chi connectivity index (χ1v) is 7.48. The molecule has 122 valence electrons. The van der Waals surface area contributed by atoms with Crippen LogP contribution >= 0.6 is 0 Å². The van der Waals surface area contributed by atoms with Crippen molar-refractivity contribution in [2.24, 2.45) is 0 Å². The second-order valence-electron chi connectivity index (χ2n) is 5.02. The molecule has 1 aromatic rings. The molecule has 6 heteroatoms. The van der Waals surface area contributed by atoms with Crippen molar-refractivity contribution < 1.29 is 14.3 Å².